The van der Waals surface area contributed by atoms with Crippen LogP contribution in [-0.2, 0) is 9.59 Å². The number of nitrogens with zero attached hydrogens (tertiary/aromatic N) is 1. The van der Waals surface area contributed by atoms with Gasteiger partial charge in [0, 0.05) is 0 Å². The van der Waals surface area contributed by atoms with Crippen LogP contribution in [0.1, 0.15) is 23.6 Å². The number of carbonyl (C=O) groups is 3. The molecule has 0 radical (unpaired) electrons. The highest BCUT2D eigenvalue weighted by Crippen LogP contribution is 2.37. The quantitative estimate of drug-likeness (QED) is 0.574. The van der Waals surface area contributed by atoms with Crippen molar-refractivity contribution in [3.63, 3.8) is 0 Å². The maximum Gasteiger partial charge on any atom is 0.335 e. The van der Waals surface area contributed by atoms with E-state index in [1.165, 1.54) is 13.2 Å². The van der Waals surface area contributed by atoms with E-state index in [0.29, 0.717) is 29.4 Å². The molecule has 1 saturated heterocycles. The van der Waals surface area contributed by atoms with Crippen LogP contribution in [0, 0.1) is 13.8 Å². The summed E-state index contributed by atoms with van der Waals surface area (Å²) in [5.74, 6) is -0.771. The highest BCUT2D eigenvalue weighted by molar-refractivity contribution is 6.39. The molecule has 1 aliphatic rings. The van der Waals surface area contributed by atoms with Crippen molar-refractivity contribution in [2.24, 2.45) is 0 Å². The minimum atomic E-state index is -0.795. The van der Waals surface area contributed by atoms with Crippen LogP contribution in [0.5, 0.6) is 11.5 Å². The van der Waals surface area contributed by atoms with Gasteiger partial charge in [-0.2, -0.15) is 0 Å². The Labute approximate surface area is 179 Å². The number of methoxy groups -OCH3 is 1. The van der Waals surface area contributed by atoms with Gasteiger partial charge in [0.1, 0.15) is 5.57 Å². The maximum atomic E-state index is 13.1. The molecule has 8 heteroatoms. The number of hydrogen-bond acceptors (Lipinski definition) is 5. The van der Waals surface area contributed by atoms with E-state index in [0.717, 1.165) is 16.0 Å². The number of imide groups is 2. The average molecular weight is 429 g/mol. The van der Waals surface area contributed by atoms with Gasteiger partial charge in [-0.15, -0.1) is 0 Å². The number of aryl methyl sites for hydroxylation is 2. The first-order valence-electron chi connectivity index (χ1n) is 9.25. The maximum absolute atomic E-state index is 13.1. The number of carbonyl (C=O) groups excluding carboxylic acids is 3. The van der Waals surface area contributed by atoms with E-state index in [-0.39, 0.29) is 10.6 Å². The number of barbiturate groups is 1. The van der Waals surface area contributed by atoms with Crippen LogP contribution in [0.3, 0.4) is 0 Å². The molecule has 2 aromatic carbocycles. The van der Waals surface area contributed by atoms with Crippen LogP contribution in [-0.4, -0.2) is 31.6 Å². The Bertz CT molecular complexity index is 1080. The predicted octanol–water partition coefficient (Wildman–Crippen LogP) is 4.03. The van der Waals surface area contributed by atoms with Gasteiger partial charge in [-0.1, -0.05) is 29.3 Å². The van der Waals surface area contributed by atoms with Crippen LogP contribution in [0.25, 0.3) is 6.08 Å². The summed E-state index contributed by atoms with van der Waals surface area (Å²) in [4.78, 5) is 38.9. The van der Waals surface area contributed by atoms with Gasteiger partial charge >= 0.3 is 6.03 Å². The van der Waals surface area contributed by atoms with Crippen LogP contribution in [0.2, 0.25) is 5.02 Å². The van der Waals surface area contributed by atoms with E-state index in [1.54, 1.807) is 31.2 Å². The minimum absolute atomic E-state index is 0.197. The average Bonchev–Trinajstić information content (AvgIpc) is 2.68. The van der Waals surface area contributed by atoms with Crippen LogP contribution in [0.4, 0.5) is 10.5 Å². The van der Waals surface area contributed by atoms with Gasteiger partial charge in [0.2, 0.25) is 0 Å². The van der Waals surface area contributed by atoms with Gasteiger partial charge in [-0.3, -0.25) is 14.9 Å². The van der Waals surface area contributed by atoms with Gasteiger partial charge in [0.05, 0.1) is 24.4 Å². The third kappa shape index (κ3) is 4.02. The molecule has 156 valence electrons. The molecular formula is C22H21ClN2O5. The van der Waals surface area contributed by atoms with Crippen molar-refractivity contribution in [1.29, 1.82) is 0 Å². The zero-order valence-corrected chi connectivity index (χ0v) is 17.8. The van der Waals surface area contributed by atoms with Crippen molar-refractivity contribution in [2.75, 3.05) is 18.6 Å². The molecule has 0 aliphatic carbocycles. The Kier molecular flexibility index (Phi) is 6.12. The highest BCUT2D eigenvalue weighted by atomic mass is 35.5. The minimum Gasteiger partial charge on any atom is -0.493 e. The number of halogens is 1. The van der Waals surface area contributed by atoms with Gasteiger partial charge in [0.25, 0.3) is 11.8 Å². The van der Waals surface area contributed by atoms with E-state index in [9.17, 15) is 14.4 Å². The van der Waals surface area contributed by atoms with Crippen molar-refractivity contribution in [1.82, 2.24) is 5.32 Å². The molecule has 0 spiro atoms. The fraction of sp³-hybridized carbons (Fsp3) is 0.227. The standard InChI is InChI=1S/C22H21ClN2O5/c1-5-30-19-16(23)10-14(11-18(19)29-4)9-15-20(26)24-22(28)25(21(15)27)17-7-6-12(2)8-13(17)3/h6-11H,5H2,1-4H3,(H,24,26,28)/b15-9+. The van der Waals surface area contributed by atoms with E-state index < -0.39 is 17.8 Å². The number of hydrogen-bond donors (Lipinski definition) is 1. The second-order valence-electron chi connectivity index (χ2n) is 6.71. The first-order valence-corrected chi connectivity index (χ1v) is 9.63. The predicted molar refractivity (Wildman–Crippen MR) is 114 cm³/mol. The van der Waals surface area contributed by atoms with Crippen molar-refractivity contribution in [3.05, 3.63) is 57.6 Å². The second-order valence-corrected chi connectivity index (χ2v) is 7.12. The molecule has 30 heavy (non-hydrogen) atoms. The first kappa shape index (κ1) is 21.4. The molecule has 2 aromatic rings. The summed E-state index contributed by atoms with van der Waals surface area (Å²) in [7, 11) is 1.46. The smallest absolute Gasteiger partial charge is 0.335 e. The molecule has 1 N–H and O–H groups in total. The molecule has 0 saturated carbocycles. The summed E-state index contributed by atoms with van der Waals surface area (Å²) in [5, 5.41) is 2.49. The summed E-state index contributed by atoms with van der Waals surface area (Å²) >= 11 is 6.28. The molecule has 0 bridgehead atoms. The number of amides is 4. The second kappa shape index (κ2) is 8.59. The van der Waals surface area contributed by atoms with Crippen molar-refractivity contribution < 1.29 is 23.9 Å². The third-order valence-corrected chi connectivity index (χ3v) is 4.83. The van der Waals surface area contributed by atoms with Gasteiger partial charge in [-0.25, -0.2) is 9.69 Å². The monoisotopic (exact) mass is 428 g/mol. The van der Waals surface area contributed by atoms with E-state index in [4.69, 9.17) is 21.1 Å². The number of benzene rings is 2. The van der Waals surface area contributed by atoms with Crippen LogP contribution >= 0.6 is 11.6 Å². The summed E-state index contributed by atoms with van der Waals surface area (Å²) in [5.41, 5.74) is 2.39. The molecule has 0 atom stereocenters. The zero-order chi connectivity index (χ0) is 22.0. The Morgan fingerprint density at radius 2 is 1.87 bits per heavy atom. The number of anilines is 1. The molecule has 7 nitrogen and oxygen atoms in total. The SMILES string of the molecule is CCOc1c(Cl)cc(/C=C2\C(=O)NC(=O)N(c3ccc(C)cc3C)C2=O)cc1OC. The lowest BCUT2D eigenvalue weighted by Gasteiger charge is -2.27. The molecule has 1 fully saturated rings. The zero-order valence-electron chi connectivity index (χ0n) is 17.0. The molecule has 1 aliphatic heterocycles. The third-order valence-electron chi connectivity index (χ3n) is 4.55. The van der Waals surface area contributed by atoms with E-state index in [2.05, 4.69) is 5.32 Å². The fourth-order valence-electron chi connectivity index (χ4n) is 3.21. The number of urea groups is 1. The number of rotatable bonds is 5. The van der Waals surface area contributed by atoms with Crippen LogP contribution in [0.15, 0.2) is 35.9 Å². The Hall–Kier alpha value is -3.32. The van der Waals surface area contributed by atoms with Gasteiger partial charge < -0.3 is 9.47 Å². The Morgan fingerprint density at radius 3 is 2.50 bits per heavy atom. The normalized spacial score (nSPS) is 15.4. The summed E-state index contributed by atoms with van der Waals surface area (Å²) < 4.78 is 10.8. The summed E-state index contributed by atoms with van der Waals surface area (Å²) in [6, 6.07) is 7.68. The van der Waals surface area contributed by atoms with E-state index in [1.807, 2.05) is 19.9 Å². The first-order chi connectivity index (χ1) is 14.3. The van der Waals surface area contributed by atoms with Crippen molar-refractivity contribution >= 4 is 41.2 Å². The summed E-state index contributed by atoms with van der Waals surface area (Å²) in [6.45, 7) is 5.91. The largest absolute Gasteiger partial charge is 0.493 e. The van der Waals surface area contributed by atoms with Crippen molar-refractivity contribution in [3.8, 4) is 11.5 Å². The molecule has 1 heterocycles. The fourth-order valence-corrected chi connectivity index (χ4v) is 3.48. The number of nitrogens with one attached hydrogen (secondary N) is 1. The molecule has 4 amide bonds. The van der Waals surface area contributed by atoms with Crippen LogP contribution < -0.4 is 19.7 Å². The molecule has 3 rings (SSSR count). The molecule has 0 aromatic heterocycles. The van der Waals surface area contributed by atoms with E-state index >= 15 is 0 Å². The molecule has 0 unspecified atom stereocenters. The summed E-state index contributed by atoms with van der Waals surface area (Å²) in [6.07, 6.45) is 1.37. The van der Waals surface area contributed by atoms with Crippen molar-refractivity contribution in [2.45, 2.75) is 20.8 Å². The lowest BCUT2D eigenvalue weighted by atomic mass is 10.0. The molecular weight excluding hydrogens is 408 g/mol. The lowest BCUT2D eigenvalue weighted by molar-refractivity contribution is -0.122. The topological polar surface area (TPSA) is 84.9 Å². The highest BCUT2D eigenvalue weighted by Gasteiger charge is 2.37. The lowest BCUT2D eigenvalue weighted by Crippen LogP contribution is -2.54. The van der Waals surface area contributed by atoms with Gasteiger partial charge in [-0.05, 0) is 56.2 Å². The Morgan fingerprint density at radius 1 is 1.13 bits per heavy atom. The van der Waals surface area contributed by atoms with Gasteiger partial charge in [0.15, 0.2) is 11.5 Å². The Balaban J connectivity index is 2.06. The number of ether oxygens (including phenoxy) is 2.